The molecule has 4 aliphatic rings. The van der Waals surface area contributed by atoms with E-state index in [1.807, 2.05) is 0 Å². The summed E-state index contributed by atoms with van der Waals surface area (Å²) in [6.07, 6.45) is 7.42. The minimum absolute atomic E-state index is 0.113. The molecular formula is C21H30O6. The number of hydrogen-bond acceptors (Lipinski definition) is 6. The molecule has 4 saturated carbocycles. The van der Waals surface area contributed by atoms with Crippen molar-refractivity contribution in [2.24, 2.45) is 23.2 Å². The van der Waals surface area contributed by atoms with Crippen molar-refractivity contribution in [2.45, 2.75) is 64.9 Å². The third-order valence-electron chi connectivity index (χ3n) is 6.20. The van der Waals surface area contributed by atoms with Crippen LogP contribution in [0.5, 0.6) is 0 Å². The van der Waals surface area contributed by atoms with Gasteiger partial charge in [-0.3, -0.25) is 0 Å². The molecule has 4 fully saturated rings. The molecule has 150 valence electrons. The lowest BCUT2D eigenvalue weighted by Crippen LogP contribution is -2.49. The van der Waals surface area contributed by atoms with Gasteiger partial charge in [-0.25, -0.2) is 14.4 Å². The van der Waals surface area contributed by atoms with Gasteiger partial charge in [0.05, 0.1) is 6.61 Å². The third kappa shape index (κ3) is 4.53. The van der Waals surface area contributed by atoms with Gasteiger partial charge in [0.2, 0.25) is 5.60 Å². The van der Waals surface area contributed by atoms with E-state index in [1.165, 1.54) is 40.0 Å². The zero-order valence-corrected chi connectivity index (χ0v) is 16.5. The Morgan fingerprint density at radius 1 is 1.00 bits per heavy atom. The van der Waals surface area contributed by atoms with Gasteiger partial charge in [0.25, 0.3) is 0 Å². The molecule has 0 heterocycles. The molecule has 0 radical (unpaired) electrons. The van der Waals surface area contributed by atoms with E-state index in [2.05, 4.69) is 6.58 Å². The SMILES string of the molecule is C=C(C)C(=O)OCC(=O)OC(C)(C)C(=O)OCC12CC3CC(CC(C3)C1)C2. The second-order valence-electron chi connectivity index (χ2n) is 9.33. The van der Waals surface area contributed by atoms with E-state index in [0.717, 1.165) is 37.0 Å². The maximum absolute atomic E-state index is 12.5. The molecule has 0 aliphatic heterocycles. The number of esters is 3. The summed E-state index contributed by atoms with van der Waals surface area (Å²) in [6, 6.07) is 0. The first-order valence-electron chi connectivity index (χ1n) is 9.80. The Kier molecular flexibility index (Phi) is 5.37. The quantitative estimate of drug-likeness (QED) is 0.385. The van der Waals surface area contributed by atoms with Crippen LogP contribution in [0.25, 0.3) is 0 Å². The van der Waals surface area contributed by atoms with Crippen LogP contribution in [-0.4, -0.2) is 36.7 Å². The highest BCUT2D eigenvalue weighted by Gasteiger charge is 2.51. The Balaban J connectivity index is 1.49. The molecule has 6 heteroatoms. The summed E-state index contributed by atoms with van der Waals surface area (Å²) in [5.74, 6) is 0.324. The summed E-state index contributed by atoms with van der Waals surface area (Å²) in [5.41, 5.74) is -1.12. The number of rotatable bonds is 7. The van der Waals surface area contributed by atoms with Gasteiger partial charge in [0.1, 0.15) is 0 Å². The monoisotopic (exact) mass is 378 g/mol. The van der Waals surface area contributed by atoms with Gasteiger partial charge in [-0.15, -0.1) is 0 Å². The van der Waals surface area contributed by atoms with Gasteiger partial charge in [0, 0.05) is 11.0 Å². The Morgan fingerprint density at radius 3 is 2.00 bits per heavy atom. The summed E-state index contributed by atoms with van der Waals surface area (Å²) in [5, 5.41) is 0. The molecule has 0 atom stereocenters. The van der Waals surface area contributed by atoms with Crippen LogP contribution < -0.4 is 0 Å². The van der Waals surface area contributed by atoms with Gasteiger partial charge in [0.15, 0.2) is 6.61 Å². The lowest BCUT2D eigenvalue weighted by molar-refractivity contribution is -0.187. The van der Waals surface area contributed by atoms with E-state index in [0.29, 0.717) is 6.61 Å². The minimum atomic E-state index is -1.42. The number of hydrogen-bond donors (Lipinski definition) is 0. The molecule has 0 spiro atoms. The molecule has 4 bridgehead atoms. The first-order valence-corrected chi connectivity index (χ1v) is 9.80. The molecule has 27 heavy (non-hydrogen) atoms. The second kappa shape index (κ2) is 7.28. The van der Waals surface area contributed by atoms with E-state index in [4.69, 9.17) is 14.2 Å². The number of ether oxygens (including phenoxy) is 3. The van der Waals surface area contributed by atoms with Gasteiger partial charge < -0.3 is 14.2 Å². The largest absolute Gasteiger partial charge is 0.462 e. The third-order valence-corrected chi connectivity index (χ3v) is 6.20. The summed E-state index contributed by atoms with van der Waals surface area (Å²) in [4.78, 5) is 35.7. The van der Waals surface area contributed by atoms with Crippen molar-refractivity contribution in [3.63, 3.8) is 0 Å². The zero-order chi connectivity index (χ0) is 19.8. The molecule has 0 aromatic heterocycles. The van der Waals surface area contributed by atoms with Crippen LogP contribution in [0.2, 0.25) is 0 Å². The lowest BCUT2D eigenvalue weighted by atomic mass is 9.50. The molecular weight excluding hydrogens is 348 g/mol. The topological polar surface area (TPSA) is 78.9 Å². The summed E-state index contributed by atoms with van der Waals surface area (Å²) in [6.45, 7) is 7.75. The van der Waals surface area contributed by atoms with Crippen LogP contribution in [0.1, 0.15) is 59.3 Å². The predicted molar refractivity (Wildman–Crippen MR) is 97.5 cm³/mol. The van der Waals surface area contributed by atoms with E-state index in [-0.39, 0.29) is 11.0 Å². The smallest absolute Gasteiger partial charge is 0.350 e. The van der Waals surface area contributed by atoms with Crippen molar-refractivity contribution in [3.05, 3.63) is 12.2 Å². The Hall–Kier alpha value is -1.85. The Bertz CT molecular complexity index is 612. The van der Waals surface area contributed by atoms with Crippen molar-refractivity contribution >= 4 is 17.9 Å². The van der Waals surface area contributed by atoms with Crippen LogP contribution in [0.3, 0.4) is 0 Å². The first-order chi connectivity index (χ1) is 12.6. The van der Waals surface area contributed by atoms with Crippen LogP contribution in [-0.2, 0) is 28.6 Å². The molecule has 4 rings (SSSR count). The maximum Gasteiger partial charge on any atom is 0.350 e. The van der Waals surface area contributed by atoms with Crippen molar-refractivity contribution in [1.82, 2.24) is 0 Å². The van der Waals surface area contributed by atoms with Gasteiger partial charge >= 0.3 is 17.9 Å². The van der Waals surface area contributed by atoms with Crippen molar-refractivity contribution in [2.75, 3.05) is 13.2 Å². The summed E-state index contributed by atoms with van der Waals surface area (Å²) in [7, 11) is 0. The van der Waals surface area contributed by atoms with Crippen LogP contribution >= 0.6 is 0 Å². The van der Waals surface area contributed by atoms with Crippen LogP contribution in [0, 0.1) is 23.2 Å². The average molecular weight is 378 g/mol. The van der Waals surface area contributed by atoms with Crippen LogP contribution in [0.4, 0.5) is 0 Å². The highest BCUT2D eigenvalue weighted by atomic mass is 16.6. The fourth-order valence-corrected chi connectivity index (χ4v) is 5.46. The highest BCUT2D eigenvalue weighted by molar-refractivity contribution is 5.89. The predicted octanol–water partition coefficient (Wildman–Crippen LogP) is 3.19. The van der Waals surface area contributed by atoms with Crippen molar-refractivity contribution < 1.29 is 28.6 Å². The van der Waals surface area contributed by atoms with E-state index < -0.39 is 30.1 Å². The van der Waals surface area contributed by atoms with Crippen molar-refractivity contribution in [1.29, 1.82) is 0 Å². The summed E-state index contributed by atoms with van der Waals surface area (Å²) >= 11 is 0. The Labute approximate surface area is 160 Å². The second-order valence-corrected chi connectivity index (χ2v) is 9.33. The molecule has 0 aromatic rings. The molecule has 0 amide bonds. The first kappa shape index (κ1) is 19.9. The zero-order valence-electron chi connectivity index (χ0n) is 16.5. The molecule has 0 saturated heterocycles. The average Bonchev–Trinajstić information content (AvgIpc) is 2.55. The van der Waals surface area contributed by atoms with E-state index in [1.54, 1.807) is 0 Å². The standard InChI is InChI=1S/C21H30O6/c1-13(2)18(23)25-11-17(22)27-20(3,4)19(24)26-12-21-8-14-5-15(9-21)7-16(6-14)10-21/h14-16H,1,5-12H2,2-4H3. The number of carbonyl (C=O) groups excluding carboxylic acids is 3. The molecule has 0 N–H and O–H groups in total. The fourth-order valence-electron chi connectivity index (χ4n) is 5.46. The van der Waals surface area contributed by atoms with Gasteiger partial charge in [-0.2, -0.15) is 0 Å². The van der Waals surface area contributed by atoms with Crippen molar-refractivity contribution in [3.8, 4) is 0 Å². The maximum atomic E-state index is 12.5. The Morgan fingerprint density at radius 2 is 1.52 bits per heavy atom. The normalized spacial score (nSPS) is 31.3. The van der Waals surface area contributed by atoms with Gasteiger partial charge in [-0.05, 0) is 77.0 Å². The lowest BCUT2D eigenvalue weighted by Gasteiger charge is -2.56. The highest BCUT2D eigenvalue weighted by Crippen LogP contribution is 2.60. The minimum Gasteiger partial charge on any atom is -0.462 e. The molecule has 6 nitrogen and oxygen atoms in total. The van der Waals surface area contributed by atoms with E-state index >= 15 is 0 Å². The summed E-state index contributed by atoms with van der Waals surface area (Å²) < 4.78 is 15.5. The fraction of sp³-hybridized carbons (Fsp3) is 0.762. The molecule has 0 unspecified atom stereocenters. The van der Waals surface area contributed by atoms with Gasteiger partial charge in [-0.1, -0.05) is 6.58 Å². The van der Waals surface area contributed by atoms with Crippen LogP contribution in [0.15, 0.2) is 12.2 Å². The number of carbonyl (C=O) groups is 3. The molecule has 4 aliphatic carbocycles. The molecule has 0 aromatic carbocycles. The van der Waals surface area contributed by atoms with E-state index in [9.17, 15) is 14.4 Å².